The monoisotopic (exact) mass is 293 g/mol. The molecule has 0 aromatic carbocycles. The van der Waals surface area contributed by atoms with Gasteiger partial charge in [0, 0.05) is 24.1 Å². The number of aliphatic hydroxyl groups excluding tert-OH is 1. The van der Waals surface area contributed by atoms with Gasteiger partial charge in [-0.2, -0.15) is 0 Å². The van der Waals surface area contributed by atoms with Gasteiger partial charge in [-0.05, 0) is 26.7 Å². The van der Waals surface area contributed by atoms with Crippen LogP contribution in [0.25, 0.3) is 0 Å². The number of amides is 2. The normalized spacial score (nSPS) is 22.3. The number of aliphatic hydroxyl groups is 1. The van der Waals surface area contributed by atoms with Crippen molar-refractivity contribution in [3.63, 3.8) is 0 Å². The number of nitrogens with one attached hydrogen (secondary N) is 2. The van der Waals surface area contributed by atoms with Gasteiger partial charge in [0.1, 0.15) is 5.76 Å². The molecule has 1 heterocycles. The van der Waals surface area contributed by atoms with E-state index in [1.165, 1.54) is 0 Å². The molecule has 2 amide bonds. The molecule has 0 spiro atoms. The van der Waals surface area contributed by atoms with E-state index in [0.717, 1.165) is 29.9 Å². The summed E-state index contributed by atoms with van der Waals surface area (Å²) in [4.78, 5) is 12.1. The Morgan fingerprint density at radius 1 is 1.52 bits per heavy atom. The van der Waals surface area contributed by atoms with E-state index in [1.807, 2.05) is 32.9 Å². The van der Waals surface area contributed by atoms with E-state index in [-0.39, 0.29) is 30.6 Å². The van der Waals surface area contributed by atoms with Crippen molar-refractivity contribution < 1.29 is 14.4 Å². The van der Waals surface area contributed by atoms with Crippen LogP contribution >= 0.6 is 0 Å². The lowest BCUT2D eigenvalue weighted by atomic mass is 10.0. The van der Waals surface area contributed by atoms with Crippen molar-refractivity contribution in [2.24, 2.45) is 5.92 Å². The number of nitrogens with zero attached hydrogens (tertiary/aromatic N) is 1. The second-order valence-corrected chi connectivity index (χ2v) is 5.49. The highest BCUT2D eigenvalue weighted by atomic mass is 16.5. The van der Waals surface area contributed by atoms with E-state index < -0.39 is 0 Å². The second kappa shape index (κ2) is 6.76. The molecule has 1 aromatic rings. The smallest absolute Gasteiger partial charge is 0.315 e. The predicted molar refractivity (Wildman–Crippen MR) is 78.8 cm³/mol. The summed E-state index contributed by atoms with van der Waals surface area (Å²) in [6.45, 7) is 5.85. The first-order valence-corrected chi connectivity index (χ1v) is 7.34. The fraction of sp³-hybridized carbons (Fsp3) is 0.600. The van der Waals surface area contributed by atoms with Gasteiger partial charge in [-0.1, -0.05) is 24.2 Å². The number of aryl methyl sites for hydroxylation is 2. The number of carbonyl (C=O) groups excluding carboxylic acids is 1. The van der Waals surface area contributed by atoms with Crippen molar-refractivity contribution in [1.82, 2.24) is 15.8 Å². The van der Waals surface area contributed by atoms with Crippen molar-refractivity contribution in [1.29, 1.82) is 0 Å². The van der Waals surface area contributed by atoms with Crippen molar-refractivity contribution in [2.75, 3.05) is 6.61 Å². The third-order valence-corrected chi connectivity index (χ3v) is 3.87. The van der Waals surface area contributed by atoms with Crippen molar-refractivity contribution >= 4 is 6.03 Å². The Morgan fingerprint density at radius 3 is 2.81 bits per heavy atom. The standard InChI is InChI=1S/C15H23N3O3/c1-4-13(14-9(2)18-21-10(14)3)17-15(20)16-12-6-5-11(7-12)8-19/h5-6,11-13,19H,4,7-8H2,1-3H3,(H2,16,17,20)/t11-,12+,13?/m0/s1. The Hall–Kier alpha value is -1.82. The van der Waals surface area contributed by atoms with E-state index in [9.17, 15) is 4.79 Å². The maximum absolute atomic E-state index is 12.1. The van der Waals surface area contributed by atoms with Crippen LogP contribution in [-0.4, -0.2) is 28.9 Å². The number of aromatic nitrogens is 1. The average Bonchev–Trinajstić information content (AvgIpc) is 3.04. The summed E-state index contributed by atoms with van der Waals surface area (Å²) in [5, 5.41) is 18.9. The predicted octanol–water partition coefficient (Wildman–Crippen LogP) is 1.98. The first-order chi connectivity index (χ1) is 10.0. The van der Waals surface area contributed by atoms with Crippen LogP contribution in [0.5, 0.6) is 0 Å². The van der Waals surface area contributed by atoms with Crippen LogP contribution in [0.4, 0.5) is 4.79 Å². The zero-order valence-electron chi connectivity index (χ0n) is 12.7. The van der Waals surface area contributed by atoms with Crippen LogP contribution in [0.3, 0.4) is 0 Å². The van der Waals surface area contributed by atoms with Gasteiger partial charge in [-0.3, -0.25) is 0 Å². The highest BCUT2D eigenvalue weighted by Gasteiger charge is 2.23. The number of rotatable bonds is 5. The van der Waals surface area contributed by atoms with E-state index in [0.29, 0.717) is 0 Å². The van der Waals surface area contributed by atoms with Gasteiger partial charge in [0.25, 0.3) is 0 Å². The van der Waals surface area contributed by atoms with Gasteiger partial charge < -0.3 is 20.3 Å². The first kappa shape index (κ1) is 15.6. The van der Waals surface area contributed by atoms with Crippen LogP contribution in [0.1, 0.15) is 42.8 Å². The fourth-order valence-electron chi connectivity index (χ4n) is 2.75. The molecule has 2 rings (SSSR count). The highest BCUT2D eigenvalue weighted by Crippen LogP contribution is 2.24. The summed E-state index contributed by atoms with van der Waals surface area (Å²) in [6, 6.07) is -0.352. The quantitative estimate of drug-likeness (QED) is 0.724. The Bertz CT molecular complexity index is 505. The molecule has 0 fully saturated rings. The molecule has 0 saturated heterocycles. The van der Waals surface area contributed by atoms with Gasteiger partial charge >= 0.3 is 6.03 Å². The Kier molecular flexibility index (Phi) is 5.01. The van der Waals surface area contributed by atoms with Crippen LogP contribution in [0.15, 0.2) is 16.7 Å². The van der Waals surface area contributed by atoms with Crippen molar-refractivity contribution in [2.45, 2.75) is 45.7 Å². The molecular formula is C15H23N3O3. The average molecular weight is 293 g/mol. The van der Waals surface area contributed by atoms with Gasteiger partial charge in [0.05, 0.1) is 11.7 Å². The molecule has 1 aliphatic carbocycles. The Labute approximate surface area is 124 Å². The molecule has 0 bridgehead atoms. The molecule has 0 saturated carbocycles. The SMILES string of the molecule is CCC(NC(=O)N[C@@H]1C=C[C@H](CO)C1)c1c(C)noc1C. The minimum absolute atomic E-state index is 0.0238. The minimum atomic E-state index is -0.213. The van der Waals surface area contributed by atoms with Gasteiger partial charge in [-0.15, -0.1) is 0 Å². The van der Waals surface area contributed by atoms with E-state index in [4.69, 9.17) is 9.63 Å². The largest absolute Gasteiger partial charge is 0.396 e. The first-order valence-electron chi connectivity index (χ1n) is 7.34. The maximum Gasteiger partial charge on any atom is 0.315 e. The molecule has 1 aliphatic rings. The molecule has 3 N–H and O–H groups in total. The summed E-state index contributed by atoms with van der Waals surface area (Å²) in [5.74, 6) is 0.876. The minimum Gasteiger partial charge on any atom is -0.396 e. The Balaban J connectivity index is 1.93. The molecule has 3 atom stereocenters. The molecule has 116 valence electrons. The van der Waals surface area contributed by atoms with Gasteiger partial charge in [0.15, 0.2) is 0 Å². The molecule has 1 unspecified atom stereocenters. The zero-order valence-corrected chi connectivity index (χ0v) is 12.7. The number of hydrogen-bond acceptors (Lipinski definition) is 4. The third-order valence-electron chi connectivity index (χ3n) is 3.87. The lowest BCUT2D eigenvalue weighted by molar-refractivity contribution is 0.228. The third kappa shape index (κ3) is 3.64. The second-order valence-electron chi connectivity index (χ2n) is 5.49. The maximum atomic E-state index is 12.1. The lowest BCUT2D eigenvalue weighted by Gasteiger charge is -2.19. The summed E-state index contributed by atoms with van der Waals surface area (Å²) in [5.41, 5.74) is 1.75. The zero-order chi connectivity index (χ0) is 15.4. The molecule has 0 radical (unpaired) electrons. The van der Waals surface area contributed by atoms with Gasteiger partial charge in [-0.25, -0.2) is 4.79 Å². The topological polar surface area (TPSA) is 87.4 Å². The molecule has 0 aliphatic heterocycles. The molecule has 6 nitrogen and oxygen atoms in total. The molecule has 21 heavy (non-hydrogen) atoms. The van der Waals surface area contributed by atoms with E-state index in [1.54, 1.807) is 0 Å². The van der Waals surface area contributed by atoms with Crippen LogP contribution in [0, 0.1) is 19.8 Å². The number of carbonyl (C=O) groups is 1. The lowest BCUT2D eigenvalue weighted by Crippen LogP contribution is -2.42. The number of hydrogen-bond donors (Lipinski definition) is 3. The van der Waals surface area contributed by atoms with E-state index >= 15 is 0 Å². The van der Waals surface area contributed by atoms with E-state index in [2.05, 4.69) is 15.8 Å². The van der Waals surface area contributed by atoms with Crippen LogP contribution < -0.4 is 10.6 Å². The van der Waals surface area contributed by atoms with Crippen molar-refractivity contribution in [3.8, 4) is 0 Å². The van der Waals surface area contributed by atoms with Gasteiger partial charge in [0.2, 0.25) is 0 Å². The molecule has 1 aromatic heterocycles. The molecule has 6 heteroatoms. The van der Waals surface area contributed by atoms with Crippen LogP contribution in [0.2, 0.25) is 0 Å². The summed E-state index contributed by atoms with van der Waals surface area (Å²) in [6.07, 6.45) is 5.37. The Morgan fingerprint density at radius 2 is 2.29 bits per heavy atom. The number of urea groups is 1. The molecular weight excluding hydrogens is 270 g/mol. The van der Waals surface area contributed by atoms with Crippen LogP contribution in [-0.2, 0) is 0 Å². The fourth-order valence-corrected chi connectivity index (χ4v) is 2.75. The van der Waals surface area contributed by atoms with Crippen molar-refractivity contribution in [3.05, 3.63) is 29.2 Å². The summed E-state index contributed by atoms with van der Waals surface area (Å²) in [7, 11) is 0. The highest BCUT2D eigenvalue weighted by molar-refractivity contribution is 5.75. The summed E-state index contributed by atoms with van der Waals surface area (Å²) < 4.78 is 5.16. The summed E-state index contributed by atoms with van der Waals surface area (Å²) >= 11 is 0.